The van der Waals surface area contributed by atoms with Crippen molar-refractivity contribution >= 4 is 17.3 Å². The number of rotatable bonds is 2. The van der Waals surface area contributed by atoms with Gasteiger partial charge in [0.15, 0.2) is 0 Å². The number of benzene rings is 1. The molecule has 1 fully saturated rings. The molecule has 0 aliphatic carbocycles. The van der Waals surface area contributed by atoms with E-state index in [1.165, 1.54) is 6.42 Å². The maximum Gasteiger partial charge on any atom is 0.0471 e. The molecule has 2 unspecified atom stereocenters. The molecule has 16 heavy (non-hydrogen) atoms. The van der Waals surface area contributed by atoms with Crippen molar-refractivity contribution < 1.29 is 0 Å². The average Bonchev–Trinajstić information content (AvgIpc) is 2.51. The normalized spacial score (nSPS) is 26.2. The number of anilines is 1. The van der Waals surface area contributed by atoms with Crippen molar-refractivity contribution in [3.63, 3.8) is 0 Å². The molecule has 0 saturated carbocycles. The first kappa shape index (κ1) is 11.7. The first-order chi connectivity index (χ1) is 7.58. The molecule has 3 heteroatoms. The van der Waals surface area contributed by atoms with Gasteiger partial charge in [0.25, 0.3) is 0 Å². The van der Waals surface area contributed by atoms with Gasteiger partial charge in [0.05, 0.1) is 0 Å². The lowest BCUT2D eigenvalue weighted by molar-refractivity contribution is 0.257. The Kier molecular flexibility index (Phi) is 3.41. The first-order valence-electron chi connectivity index (χ1n) is 5.85. The van der Waals surface area contributed by atoms with Crippen LogP contribution in [0.5, 0.6) is 0 Å². The Morgan fingerprint density at radius 1 is 1.44 bits per heavy atom. The molecule has 2 rings (SSSR count). The zero-order chi connectivity index (χ0) is 11.7. The lowest BCUT2D eigenvalue weighted by atomic mass is 10.1. The molecule has 0 bridgehead atoms. The number of hydrogen-bond donors (Lipinski definition) is 1. The Morgan fingerprint density at radius 3 is 2.75 bits per heavy atom. The van der Waals surface area contributed by atoms with Crippen molar-refractivity contribution in [2.24, 2.45) is 5.92 Å². The summed E-state index contributed by atoms with van der Waals surface area (Å²) in [5.41, 5.74) is 7.85. The van der Waals surface area contributed by atoms with Crippen molar-refractivity contribution in [1.82, 2.24) is 4.90 Å². The van der Waals surface area contributed by atoms with Gasteiger partial charge in [-0.25, -0.2) is 0 Å². The van der Waals surface area contributed by atoms with Crippen LogP contribution in [0.4, 0.5) is 5.69 Å². The molecule has 1 heterocycles. The molecule has 0 radical (unpaired) electrons. The number of nitrogens with two attached hydrogens (primary N) is 1. The number of likely N-dealkylation sites (tertiary alicyclic amines) is 1. The lowest BCUT2D eigenvalue weighted by Gasteiger charge is -2.22. The van der Waals surface area contributed by atoms with Crippen LogP contribution in [-0.2, 0) is 6.54 Å². The van der Waals surface area contributed by atoms with Gasteiger partial charge in [-0.15, -0.1) is 0 Å². The van der Waals surface area contributed by atoms with Gasteiger partial charge in [0, 0.05) is 35.4 Å². The summed E-state index contributed by atoms with van der Waals surface area (Å²) in [6.45, 7) is 6.59. The Balaban J connectivity index is 2.15. The summed E-state index contributed by atoms with van der Waals surface area (Å²) in [6.07, 6.45) is 1.27. The third-order valence-corrected chi connectivity index (χ3v) is 3.78. The minimum atomic E-state index is 0.630. The van der Waals surface area contributed by atoms with E-state index in [-0.39, 0.29) is 0 Å². The molecular weight excluding hydrogens is 220 g/mol. The lowest BCUT2D eigenvalue weighted by Crippen LogP contribution is -2.27. The zero-order valence-electron chi connectivity index (χ0n) is 9.91. The number of halogens is 1. The molecule has 1 aromatic rings. The summed E-state index contributed by atoms with van der Waals surface area (Å²) in [5.74, 6) is 0.777. The van der Waals surface area contributed by atoms with E-state index in [0.717, 1.165) is 35.3 Å². The summed E-state index contributed by atoms with van der Waals surface area (Å²) in [7, 11) is 0. The van der Waals surface area contributed by atoms with E-state index in [0.29, 0.717) is 6.04 Å². The highest BCUT2D eigenvalue weighted by atomic mass is 35.5. The fraction of sp³-hybridized carbons (Fsp3) is 0.538. The zero-order valence-corrected chi connectivity index (χ0v) is 10.7. The highest BCUT2D eigenvalue weighted by Gasteiger charge is 2.26. The van der Waals surface area contributed by atoms with Crippen molar-refractivity contribution in [3.05, 3.63) is 28.8 Å². The molecule has 88 valence electrons. The summed E-state index contributed by atoms with van der Waals surface area (Å²) in [6, 6.07) is 6.37. The SMILES string of the molecule is CC1CC(C)N(Cc2c(N)cccc2Cl)C1. The Bertz CT molecular complexity index is 358. The van der Waals surface area contributed by atoms with Gasteiger partial charge in [0.2, 0.25) is 0 Å². The molecule has 1 saturated heterocycles. The molecular formula is C13H19ClN2. The van der Waals surface area contributed by atoms with Gasteiger partial charge in [-0.3, -0.25) is 4.90 Å². The van der Waals surface area contributed by atoms with Gasteiger partial charge in [-0.2, -0.15) is 0 Å². The average molecular weight is 239 g/mol. The molecule has 1 aliphatic rings. The summed E-state index contributed by atoms with van der Waals surface area (Å²) >= 11 is 6.19. The van der Waals surface area contributed by atoms with E-state index in [4.69, 9.17) is 17.3 Å². The van der Waals surface area contributed by atoms with Crippen molar-refractivity contribution in [1.29, 1.82) is 0 Å². The molecule has 2 nitrogen and oxygen atoms in total. The Hall–Kier alpha value is -0.730. The summed E-state index contributed by atoms with van der Waals surface area (Å²) in [5, 5.41) is 0.784. The first-order valence-corrected chi connectivity index (χ1v) is 6.22. The predicted molar refractivity (Wildman–Crippen MR) is 69.5 cm³/mol. The quantitative estimate of drug-likeness (QED) is 0.802. The maximum absolute atomic E-state index is 6.19. The van der Waals surface area contributed by atoms with Crippen LogP contribution >= 0.6 is 11.6 Å². The summed E-state index contributed by atoms with van der Waals surface area (Å²) < 4.78 is 0. The summed E-state index contributed by atoms with van der Waals surface area (Å²) in [4.78, 5) is 2.46. The second kappa shape index (κ2) is 4.64. The fourth-order valence-electron chi connectivity index (χ4n) is 2.55. The minimum Gasteiger partial charge on any atom is -0.398 e. The van der Waals surface area contributed by atoms with Crippen LogP contribution < -0.4 is 5.73 Å². The van der Waals surface area contributed by atoms with Crippen LogP contribution in [0.3, 0.4) is 0 Å². The molecule has 0 aromatic heterocycles. The topological polar surface area (TPSA) is 29.3 Å². The van der Waals surface area contributed by atoms with E-state index >= 15 is 0 Å². The van der Waals surface area contributed by atoms with E-state index in [1.54, 1.807) is 0 Å². The Morgan fingerprint density at radius 2 is 2.19 bits per heavy atom. The van der Waals surface area contributed by atoms with E-state index in [9.17, 15) is 0 Å². The van der Waals surface area contributed by atoms with Crippen LogP contribution in [0.1, 0.15) is 25.8 Å². The monoisotopic (exact) mass is 238 g/mol. The second-order valence-electron chi connectivity index (χ2n) is 4.93. The molecule has 2 atom stereocenters. The highest BCUT2D eigenvalue weighted by Crippen LogP contribution is 2.29. The number of hydrogen-bond acceptors (Lipinski definition) is 2. The predicted octanol–water partition coefficient (Wildman–Crippen LogP) is 3.15. The third-order valence-electron chi connectivity index (χ3n) is 3.43. The smallest absolute Gasteiger partial charge is 0.0471 e. The van der Waals surface area contributed by atoms with E-state index < -0.39 is 0 Å². The van der Waals surface area contributed by atoms with Gasteiger partial charge >= 0.3 is 0 Å². The maximum atomic E-state index is 6.19. The molecule has 2 N–H and O–H groups in total. The van der Waals surface area contributed by atoms with Crippen LogP contribution in [0.2, 0.25) is 5.02 Å². The van der Waals surface area contributed by atoms with Gasteiger partial charge in [0.1, 0.15) is 0 Å². The van der Waals surface area contributed by atoms with E-state index in [2.05, 4.69) is 18.7 Å². The van der Waals surface area contributed by atoms with E-state index in [1.807, 2.05) is 18.2 Å². The van der Waals surface area contributed by atoms with Crippen LogP contribution in [-0.4, -0.2) is 17.5 Å². The van der Waals surface area contributed by atoms with Crippen LogP contribution in [0, 0.1) is 5.92 Å². The van der Waals surface area contributed by atoms with Gasteiger partial charge in [-0.1, -0.05) is 24.6 Å². The van der Waals surface area contributed by atoms with Crippen molar-refractivity contribution in [3.8, 4) is 0 Å². The molecule has 0 amide bonds. The largest absolute Gasteiger partial charge is 0.398 e. The molecule has 1 aromatic carbocycles. The van der Waals surface area contributed by atoms with Gasteiger partial charge < -0.3 is 5.73 Å². The standard InChI is InChI=1S/C13H19ClN2/c1-9-6-10(2)16(7-9)8-11-12(14)4-3-5-13(11)15/h3-5,9-10H,6-8,15H2,1-2H3. The molecule has 1 aliphatic heterocycles. The number of nitrogen functional groups attached to an aromatic ring is 1. The van der Waals surface area contributed by atoms with Crippen LogP contribution in [0.25, 0.3) is 0 Å². The highest BCUT2D eigenvalue weighted by molar-refractivity contribution is 6.31. The number of nitrogens with zero attached hydrogens (tertiary/aromatic N) is 1. The van der Waals surface area contributed by atoms with Gasteiger partial charge in [-0.05, 0) is 31.4 Å². The Labute approximate surface area is 102 Å². The third kappa shape index (κ3) is 2.33. The molecule has 0 spiro atoms. The minimum absolute atomic E-state index is 0.630. The van der Waals surface area contributed by atoms with Crippen molar-refractivity contribution in [2.75, 3.05) is 12.3 Å². The fourth-order valence-corrected chi connectivity index (χ4v) is 2.79. The van der Waals surface area contributed by atoms with Crippen molar-refractivity contribution in [2.45, 2.75) is 32.9 Å². The second-order valence-corrected chi connectivity index (χ2v) is 5.33. The van der Waals surface area contributed by atoms with Crippen LogP contribution in [0.15, 0.2) is 18.2 Å².